The Balaban J connectivity index is 2.85. The number of hydrogen-bond donors (Lipinski definition) is 1. The molecular formula is C10H16N4O2S. The van der Waals surface area contributed by atoms with Crippen LogP contribution in [0.15, 0.2) is 5.03 Å². The van der Waals surface area contributed by atoms with Crippen molar-refractivity contribution in [1.82, 2.24) is 9.97 Å². The maximum Gasteiger partial charge on any atom is 0.322 e. The van der Waals surface area contributed by atoms with Crippen molar-refractivity contribution in [2.45, 2.75) is 38.1 Å². The van der Waals surface area contributed by atoms with Gasteiger partial charge in [-0.1, -0.05) is 31.5 Å². The van der Waals surface area contributed by atoms with Crippen molar-refractivity contribution in [1.29, 1.82) is 0 Å². The predicted molar refractivity (Wildman–Crippen MR) is 68.1 cm³/mol. The van der Waals surface area contributed by atoms with Crippen molar-refractivity contribution >= 4 is 23.4 Å². The molecule has 0 saturated heterocycles. The standard InChI is InChI=1S/C10H16N4O2S/c1-3-4-5-6-17-9-8(14(15)16)7(2)12-10(11)13-9/h3-6H2,1-2H3,(H2,11,12,13). The van der Waals surface area contributed by atoms with E-state index in [9.17, 15) is 10.1 Å². The number of nitrogens with two attached hydrogens (primary N) is 1. The van der Waals surface area contributed by atoms with Crippen LogP contribution >= 0.6 is 11.8 Å². The van der Waals surface area contributed by atoms with Crippen LogP contribution in [0.25, 0.3) is 0 Å². The van der Waals surface area contributed by atoms with Crippen molar-refractivity contribution in [3.8, 4) is 0 Å². The van der Waals surface area contributed by atoms with Gasteiger partial charge in [0.1, 0.15) is 5.69 Å². The minimum Gasteiger partial charge on any atom is -0.368 e. The second kappa shape index (κ2) is 6.39. The van der Waals surface area contributed by atoms with Gasteiger partial charge in [-0.05, 0) is 19.1 Å². The predicted octanol–water partition coefficient (Wildman–Crippen LogP) is 2.56. The third-order valence-corrected chi connectivity index (χ3v) is 3.26. The van der Waals surface area contributed by atoms with Crippen LogP contribution in [0.2, 0.25) is 0 Å². The molecule has 1 rings (SSSR count). The van der Waals surface area contributed by atoms with Gasteiger partial charge >= 0.3 is 5.69 Å². The molecule has 0 aromatic carbocycles. The molecule has 0 aliphatic heterocycles. The number of unbranched alkanes of at least 4 members (excludes halogenated alkanes) is 2. The molecule has 0 aliphatic carbocycles. The lowest BCUT2D eigenvalue weighted by atomic mass is 10.3. The monoisotopic (exact) mass is 256 g/mol. The van der Waals surface area contributed by atoms with E-state index in [2.05, 4.69) is 16.9 Å². The average Bonchev–Trinajstić information content (AvgIpc) is 2.22. The molecule has 0 radical (unpaired) electrons. The highest BCUT2D eigenvalue weighted by Gasteiger charge is 2.21. The van der Waals surface area contributed by atoms with Gasteiger partial charge in [0.15, 0.2) is 5.03 Å². The summed E-state index contributed by atoms with van der Waals surface area (Å²) < 4.78 is 0. The number of aryl methyl sites for hydroxylation is 1. The van der Waals surface area contributed by atoms with E-state index in [-0.39, 0.29) is 11.6 Å². The van der Waals surface area contributed by atoms with E-state index in [1.54, 1.807) is 6.92 Å². The quantitative estimate of drug-likeness (QED) is 0.276. The Labute approximate surface area is 104 Å². The molecule has 0 unspecified atom stereocenters. The number of aromatic nitrogens is 2. The van der Waals surface area contributed by atoms with Crippen LogP contribution in [0.3, 0.4) is 0 Å². The largest absolute Gasteiger partial charge is 0.368 e. The third kappa shape index (κ3) is 3.85. The van der Waals surface area contributed by atoms with Gasteiger partial charge in [0.2, 0.25) is 5.95 Å². The summed E-state index contributed by atoms with van der Waals surface area (Å²) in [5, 5.41) is 11.3. The number of hydrogen-bond acceptors (Lipinski definition) is 6. The second-order valence-corrected chi connectivity index (χ2v) is 4.72. The molecule has 0 aliphatic rings. The maximum absolute atomic E-state index is 10.9. The van der Waals surface area contributed by atoms with Crippen LogP contribution in [-0.4, -0.2) is 20.6 Å². The summed E-state index contributed by atoms with van der Waals surface area (Å²) in [7, 11) is 0. The number of nitrogens with zero attached hydrogens (tertiary/aromatic N) is 3. The fourth-order valence-corrected chi connectivity index (χ4v) is 2.45. The molecule has 0 saturated carbocycles. The normalized spacial score (nSPS) is 10.5. The zero-order valence-electron chi connectivity index (χ0n) is 9.97. The fourth-order valence-electron chi connectivity index (χ4n) is 1.39. The van der Waals surface area contributed by atoms with Crippen LogP contribution in [0.1, 0.15) is 31.9 Å². The molecule has 7 heteroatoms. The fraction of sp³-hybridized carbons (Fsp3) is 0.600. The van der Waals surface area contributed by atoms with Crippen molar-refractivity contribution in [2.24, 2.45) is 0 Å². The molecule has 1 aromatic heterocycles. The first kappa shape index (κ1) is 13.7. The van der Waals surface area contributed by atoms with Crippen LogP contribution < -0.4 is 5.73 Å². The Hall–Kier alpha value is -1.37. The first-order valence-corrected chi connectivity index (χ1v) is 6.46. The number of thioether (sulfide) groups is 1. The highest BCUT2D eigenvalue weighted by Crippen LogP contribution is 2.30. The summed E-state index contributed by atoms with van der Waals surface area (Å²) in [5.74, 6) is 0.899. The van der Waals surface area contributed by atoms with E-state index in [0.29, 0.717) is 10.7 Å². The maximum atomic E-state index is 10.9. The molecule has 0 fully saturated rings. The SMILES string of the molecule is CCCCCSc1nc(N)nc(C)c1[N+](=O)[O-]. The summed E-state index contributed by atoms with van der Waals surface area (Å²) >= 11 is 1.37. The molecule has 2 N–H and O–H groups in total. The van der Waals surface area contributed by atoms with Crippen molar-refractivity contribution in [3.63, 3.8) is 0 Å². The number of nitro groups is 1. The molecule has 17 heavy (non-hydrogen) atoms. The van der Waals surface area contributed by atoms with Gasteiger partial charge < -0.3 is 5.73 Å². The van der Waals surface area contributed by atoms with Crippen molar-refractivity contribution < 1.29 is 4.92 Å². The van der Waals surface area contributed by atoms with Gasteiger partial charge in [-0.25, -0.2) is 4.98 Å². The molecule has 1 heterocycles. The summed E-state index contributed by atoms with van der Waals surface area (Å²) in [5.41, 5.74) is 5.79. The highest BCUT2D eigenvalue weighted by molar-refractivity contribution is 7.99. The summed E-state index contributed by atoms with van der Waals surface area (Å²) in [4.78, 5) is 18.2. The third-order valence-electron chi connectivity index (χ3n) is 2.21. The van der Waals surface area contributed by atoms with E-state index >= 15 is 0 Å². The molecule has 6 nitrogen and oxygen atoms in total. The lowest BCUT2D eigenvalue weighted by Crippen LogP contribution is -2.04. The molecule has 0 bridgehead atoms. The first-order chi connectivity index (χ1) is 8.06. The molecule has 0 amide bonds. The lowest BCUT2D eigenvalue weighted by molar-refractivity contribution is -0.389. The number of anilines is 1. The van der Waals surface area contributed by atoms with Gasteiger partial charge in [-0.3, -0.25) is 10.1 Å². The Morgan fingerprint density at radius 3 is 2.71 bits per heavy atom. The first-order valence-electron chi connectivity index (χ1n) is 5.47. The van der Waals surface area contributed by atoms with Crippen molar-refractivity contribution in [2.75, 3.05) is 11.5 Å². The lowest BCUT2D eigenvalue weighted by Gasteiger charge is -2.04. The summed E-state index contributed by atoms with van der Waals surface area (Å²) in [6.07, 6.45) is 3.25. The Morgan fingerprint density at radius 2 is 2.12 bits per heavy atom. The number of nitrogen functional groups attached to an aromatic ring is 1. The van der Waals surface area contributed by atoms with Crippen LogP contribution in [0.5, 0.6) is 0 Å². The van der Waals surface area contributed by atoms with E-state index in [1.807, 2.05) is 0 Å². The van der Waals surface area contributed by atoms with Gasteiger partial charge in [0, 0.05) is 0 Å². The second-order valence-electron chi connectivity index (χ2n) is 3.63. The zero-order valence-corrected chi connectivity index (χ0v) is 10.8. The van der Waals surface area contributed by atoms with E-state index in [0.717, 1.165) is 25.0 Å². The summed E-state index contributed by atoms with van der Waals surface area (Å²) in [6.45, 7) is 3.69. The minimum atomic E-state index is -0.447. The van der Waals surface area contributed by atoms with E-state index < -0.39 is 4.92 Å². The topological polar surface area (TPSA) is 94.9 Å². The van der Waals surface area contributed by atoms with Gasteiger partial charge in [-0.2, -0.15) is 4.98 Å². The number of rotatable bonds is 6. The van der Waals surface area contributed by atoms with Gasteiger partial charge in [-0.15, -0.1) is 0 Å². The smallest absolute Gasteiger partial charge is 0.322 e. The Morgan fingerprint density at radius 1 is 1.41 bits per heavy atom. The van der Waals surface area contributed by atoms with E-state index in [4.69, 9.17) is 5.73 Å². The zero-order chi connectivity index (χ0) is 12.8. The molecule has 0 spiro atoms. The van der Waals surface area contributed by atoms with Crippen molar-refractivity contribution in [3.05, 3.63) is 15.8 Å². The van der Waals surface area contributed by atoms with Gasteiger partial charge in [0.25, 0.3) is 0 Å². The van der Waals surface area contributed by atoms with Crippen LogP contribution in [-0.2, 0) is 0 Å². The summed E-state index contributed by atoms with van der Waals surface area (Å²) in [6, 6.07) is 0. The van der Waals surface area contributed by atoms with Gasteiger partial charge in [0.05, 0.1) is 4.92 Å². The molecule has 94 valence electrons. The average molecular weight is 256 g/mol. The molecule has 0 atom stereocenters. The minimum absolute atomic E-state index is 0.0271. The molecule has 1 aromatic rings. The Kier molecular flexibility index (Phi) is 5.14. The van der Waals surface area contributed by atoms with Crippen LogP contribution in [0.4, 0.5) is 11.6 Å². The Bertz CT molecular complexity index is 412. The molecular weight excluding hydrogens is 240 g/mol. The highest BCUT2D eigenvalue weighted by atomic mass is 32.2. The van der Waals surface area contributed by atoms with Crippen LogP contribution in [0, 0.1) is 17.0 Å². The van der Waals surface area contributed by atoms with E-state index in [1.165, 1.54) is 11.8 Å².